The number of hydrogen-bond donors (Lipinski definition) is 1. The first kappa shape index (κ1) is 14.0. The highest BCUT2D eigenvalue weighted by Crippen LogP contribution is 2.30. The van der Waals surface area contributed by atoms with Crippen LogP contribution in [0.15, 0.2) is 30.4 Å². The third-order valence-electron chi connectivity index (χ3n) is 2.34. The average Bonchev–Trinajstić information content (AvgIpc) is 2.21. The Balaban J connectivity index is 3.00. The first-order valence-electron chi connectivity index (χ1n) is 5.12. The lowest BCUT2D eigenvalue weighted by atomic mass is 9.98. The molecule has 1 aromatic rings. The van der Waals surface area contributed by atoms with Crippen molar-refractivity contribution in [3.05, 3.63) is 39.5 Å². The Morgan fingerprint density at radius 1 is 1.47 bits per heavy atom. The fraction of sp³-hybridized carbons (Fsp3) is 0.308. The third-order valence-corrected chi connectivity index (χ3v) is 3.20. The van der Waals surface area contributed by atoms with E-state index in [0.29, 0.717) is 5.57 Å². The molecule has 3 nitrogen and oxygen atoms in total. The Hall–Kier alpha value is -1.04. The minimum Gasteiger partial charge on any atom is -0.507 e. The van der Waals surface area contributed by atoms with E-state index in [4.69, 9.17) is 4.74 Å². The van der Waals surface area contributed by atoms with Crippen LogP contribution in [0.2, 0.25) is 0 Å². The van der Waals surface area contributed by atoms with E-state index in [9.17, 15) is 9.90 Å². The molecule has 1 rings (SSSR count). The van der Waals surface area contributed by atoms with Crippen LogP contribution in [0, 0.1) is 3.57 Å². The lowest BCUT2D eigenvalue weighted by Crippen LogP contribution is -2.25. The van der Waals surface area contributed by atoms with E-state index in [0.717, 1.165) is 9.13 Å². The number of carbonyl (C=O) groups excluding carboxylic acids is 1. The van der Waals surface area contributed by atoms with Crippen molar-refractivity contribution in [2.75, 3.05) is 0 Å². The maximum absolute atomic E-state index is 11.5. The van der Waals surface area contributed by atoms with E-state index in [1.165, 1.54) is 0 Å². The number of carbonyl (C=O) groups is 1. The van der Waals surface area contributed by atoms with Crippen molar-refractivity contribution in [1.82, 2.24) is 0 Å². The van der Waals surface area contributed by atoms with Crippen LogP contribution in [0.4, 0.5) is 0 Å². The van der Waals surface area contributed by atoms with Crippen LogP contribution in [-0.4, -0.2) is 11.1 Å². The molecular weight excluding hydrogens is 331 g/mol. The van der Waals surface area contributed by atoms with Crippen LogP contribution in [-0.2, 0) is 15.1 Å². The number of aromatic hydroxyl groups is 1. The van der Waals surface area contributed by atoms with Crippen molar-refractivity contribution in [3.8, 4) is 5.75 Å². The second-order valence-corrected chi connectivity index (χ2v) is 5.51. The van der Waals surface area contributed by atoms with Gasteiger partial charge >= 0.3 is 5.97 Å². The van der Waals surface area contributed by atoms with E-state index in [-0.39, 0.29) is 5.75 Å². The van der Waals surface area contributed by atoms with Gasteiger partial charge in [-0.1, -0.05) is 12.6 Å². The molecule has 0 amide bonds. The molecule has 0 atom stereocenters. The summed E-state index contributed by atoms with van der Waals surface area (Å²) in [5.74, 6) is -0.200. The van der Waals surface area contributed by atoms with Gasteiger partial charge in [0.1, 0.15) is 11.4 Å². The summed E-state index contributed by atoms with van der Waals surface area (Å²) in [4.78, 5) is 11.5. The summed E-state index contributed by atoms with van der Waals surface area (Å²) in [6, 6.07) is 5.12. The molecule has 0 bridgehead atoms. The lowest BCUT2D eigenvalue weighted by molar-refractivity contribution is -0.152. The third kappa shape index (κ3) is 3.46. The van der Waals surface area contributed by atoms with Crippen molar-refractivity contribution in [2.45, 2.75) is 26.4 Å². The summed E-state index contributed by atoms with van der Waals surface area (Å²) >= 11 is 2.03. The van der Waals surface area contributed by atoms with Gasteiger partial charge in [0.25, 0.3) is 0 Å². The number of rotatable bonds is 3. The molecule has 0 spiro atoms. The molecule has 0 fully saturated rings. The van der Waals surface area contributed by atoms with Crippen molar-refractivity contribution in [1.29, 1.82) is 0 Å². The van der Waals surface area contributed by atoms with Gasteiger partial charge in [-0.2, -0.15) is 0 Å². The maximum atomic E-state index is 11.5. The first-order chi connectivity index (χ1) is 7.74. The number of halogens is 1. The minimum atomic E-state index is -0.746. The quantitative estimate of drug-likeness (QED) is 0.519. The lowest BCUT2D eigenvalue weighted by Gasteiger charge is -2.26. The Bertz CT molecular complexity index is 464. The highest BCUT2D eigenvalue weighted by molar-refractivity contribution is 14.1. The largest absolute Gasteiger partial charge is 0.507 e. The highest BCUT2D eigenvalue weighted by Gasteiger charge is 2.26. The maximum Gasteiger partial charge on any atom is 0.333 e. The zero-order valence-electron chi connectivity index (χ0n) is 10.1. The number of phenols is 1. The Kier molecular flexibility index (Phi) is 4.19. The van der Waals surface area contributed by atoms with Gasteiger partial charge in [-0.3, -0.25) is 0 Å². The second-order valence-electron chi connectivity index (χ2n) is 4.35. The molecule has 0 aliphatic heterocycles. The second kappa shape index (κ2) is 5.08. The summed E-state index contributed by atoms with van der Waals surface area (Å²) < 4.78 is 6.08. The van der Waals surface area contributed by atoms with Gasteiger partial charge < -0.3 is 9.84 Å². The van der Waals surface area contributed by atoms with Crippen LogP contribution in [0.3, 0.4) is 0 Å². The molecule has 4 heteroatoms. The number of benzene rings is 1. The van der Waals surface area contributed by atoms with Crippen molar-refractivity contribution in [2.24, 2.45) is 0 Å². The van der Waals surface area contributed by atoms with Gasteiger partial charge in [0, 0.05) is 5.57 Å². The van der Waals surface area contributed by atoms with E-state index in [1.807, 2.05) is 22.6 Å². The molecule has 0 heterocycles. The molecule has 0 radical (unpaired) electrons. The highest BCUT2D eigenvalue weighted by atomic mass is 127. The van der Waals surface area contributed by atoms with Crippen LogP contribution < -0.4 is 0 Å². The first-order valence-corrected chi connectivity index (χ1v) is 6.20. The average molecular weight is 346 g/mol. The van der Waals surface area contributed by atoms with Crippen LogP contribution in [0.1, 0.15) is 26.3 Å². The normalized spacial score (nSPS) is 11.1. The zero-order valence-corrected chi connectivity index (χ0v) is 12.2. The fourth-order valence-corrected chi connectivity index (χ4v) is 1.77. The van der Waals surface area contributed by atoms with E-state index in [1.54, 1.807) is 39.0 Å². The monoisotopic (exact) mass is 346 g/mol. The molecule has 1 aromatic carbocycles. The molecule has 0 saturated carbocycles. The van der Waals surface area contributed by atoms with E-state index >= 15 is 0 Å². The van der Waals surface area contributed by atoms with Crippen molar-refractivity contribution in [3.63, 3.8) is 0 Å². The molecule has 1 N–H and O–H groups in total. The number of ether oxygens (including phenoxy) is 1. The molecule has 0 saturated heterocycles. The zero-order chi connectivity index (χ0) is 13.2. The minimum absolute atomic E-state index is 0.219. The van der Waals surface area contributed by atoms with Crippen molar-refractivity contribution >= 4 is 28.6 Å². The van der Waals surface area contributed by atoms with Gasteiger partial charge in [-0.25, -0.2) is 4.79 Å². The molecule has 0 aliphatic rings. The number of phenolic OH excluding ortho intramolecular Hbond substituents is 1. The standard InChI is InChI=1S/C13H15IO3/c1-8(2)12(16)17-13(3,4)9-5-6-11(15)10(14)7-9/h5-7,15H,1H2,2-4H3. The van der Waals surface area contributed by atoms with Crippen LogP contribution in [0.25, 0.3) is 0 Å². The summed E-state index contributed by atoms with van der Waals surface area (Å²) in [6.45, 7) is 8.76. The number of hydrogen-bond acceptors (Lipinski definition) is 3. The Morgan fingerprint density at radius 2 is 2.06 bits per heavy atom. The van der Waals surface area contributed by atoms with Gasteiger partial charge in [0.2, 0.25) is 0 Å². The predicted octanol–water partition coefficient (Wildman–Crippen LogP) is 3.35. The number of esters is 1. The summed E-state index contributed by atoms with van der Waals surface area (Å²) in [7, 11) is 0. The van der Waals surface area contributed by atoms with Gasteiger partial charge in [0.05, 0.1) is 3.57 Å². The SMILES string of the molecule is C=C(C)C(=O)OC(C)(C)c1ccc(O)c(I)c1. The topological polar surface area (TPSA) is 46.5 Å². The van der Waals surface area contributed by atoms with Crippen molar-refractivity contribution < 1.29 is 14.6 Å². The van der Waals surface area contributed by atoms with Crippen LogP contribution >= 0.6 is 22.6 Å². The molecule has 17 heavy (non-hydrogen) atoms. The van der Waals surface area contributed by atoms with Gasteiger partial charge in [0.15, 0.2) is 0 Å². The Labute approximate surface area is 115 Å². The molecule has 0 unspecified atom stereocenters. The Morgan fingerprint density at radius 3 is 2.53 bits per heavy atom. The summed E-state index contributed by atoms with van der Waals surface area (Å²) in [6.07, 6.45) is 0. The van der Waals surface area contributed by atoms with Gasteiger partial charge in [-0.15, -0.1) is 0 Å². The van der Waals surface area contributed by atoms with Gasteiger partial charge in [-0.05, 0) is 61.1 Å². The fourth-order valence-electron chi connectivity index (χ4n) is 1.26. The molecule has 0 aromatic heterocycles. The summed E-state index contributed by atoms with van der Waals surface area (Å²) in [5.41, 5.74) is 0.449. The molecular formula is C13H15IO3. The molecule has 92 valence electrons. The molecule has 0 aliphatic carbocycles. The smallest absolute Gasteiger partial charge is 0.333 e. The van der Waals surface area contributed by atoms with E-state index in [2.05, 4.69) is 6.58 Å². The summed E-state index contributed by atoms with van der Waals surface area (Å²) in [5, 5.41) is 9.45. The van der Waals surface area contributed by atoms with E-state index < -0.39 is 11.6 Å². The predicted molar refractivity (Wildman–Crippen MR) is 74.8 cm³/mol. The van der Waals surface area contributed by atoms with Crippen LogP contribution in [0.5, 0.6) is 5.75 Å².